The van der Waals surface area contributed by atoms with E-state index >= 15 is 0 Å². The maximum atomic E-state index is 11.1. The summed E-state index contributed by atoms with van der Waals surface area (Å²) in [5, 5.41) is 7.91. The molecule has 0 saturated carbocycles. The van der Waals surface area contributed by atoms with Gasteiger partial charge in [-0.1, -0.05) is 23.9 Å². The quantitative estimate of drug-likeness (QED) is 0.883. The molecule has 2 aromatic carbocycles. The largest absolute Gasteiger partial charge is 0.497 e. The second kappa shape index (κ2) is 7.85. The first-order valence-corrected chi connectivity index (χ1v) is 8.69. The summed E-state index contributed by atoms with van der Waals surface area (Å²) in [6.45, 7) is 1.49. The van der Waals surface area contributed by atoms with Crippen molar-refractivity contribution in [2.45, 2.75) is 6.92 Å². The van der Waals surface area contributed by atoms with E-state index in [1.54, 1.807) is 18.9 Å². The number of nitrogens with zero attached hydrogens (tertiary/aromatic N) is 2. The number of rotatable bonds is 4. The predicted octanol–water partition coefficient (Wildman–Crippen LogP) is 3.38. The van der Waals surface area contributed by atoms with Crippen LogP contribution in [0.5, 0.6) is 5.75 Å². The molecule has 0 spiro atoms. The molecule has 0 unspecified atom stereocenters. The van der Waals surface area contributed by atoms with Gasteiger partial charge in [-0.05, 0) is 42.0 Å². The Hall–Kier alpha value is -2.80. The van der Waals surface area contributed by atoms with Gasteiger partial charge >= 0.3 is 0 Å². The molecule has 0 aliphatic carbocycles. The molecular formula is C18H18N4O2S. The summed E-state index contributed by atoms with van der Waals surface area (Å²) in [4.78, 5) is 15.6. The van der Waals surface area contributed by atoms with Crippen LogP contribution < -0.4 is 15.5 Å². The topological polar surface area (TPSA) is 75.1 Å². The van der Waals surface area contributed by atoms with Gasteiger partial charge in [0.05, 0.1) is 18.5 Å². The lowest BCUT2D eigenvalue weighted by molar-refractivity contribution is -0.114. The number of carbonyl (C=O) groups excluding carboxylic acids is 1. The Bertz CT molecular complexity index is 814. The number of aliphatic imine (C=N–C) groups is 1. The molecule has 1 amide bonds. The van der Waals surface area contributed by atoms with Crippen LogP contribution in [0.3, 0.4) is 0 Å². The van der Waals surface area contributed by atoms with E-state index in [0.717, 1.165) is 39.3 Å². The van der Waals surface area contributed by atoms with Gasteiger partial charge in [0.2, 0.25) is 5.91 Å². The van der Waals surface area contributed by atoms with Gasteiger partial charge in [0.15, 0.2) is 5.17 Å². The summed E-state index contributed by atoms with van der Waals surface area (Å²) in [5.74, 6) is 1.44. The first-order valence-electron chi connectivity index (χ1n) is 7.70. The number of benzene rings is 2. The fourth-order valence-electron chi connectivity index (χ4n) is 2.24. The average Bonchev–Trinajstić information content (AvgIpc) is 2.63. The van der Waals surface area contributed by atoms with Gasteiger partial charge in [0.1, 0.15) is 5.75 Å². The number of nitrogens with one attached hydrogen (secondary N) is 2. The number of hydrogen-bond acceptors (Lipinski definition) is 5. The zero-order chi connectivity index (χ0) is 17.6. The van der Waals surface area contributed by atoms with Gasteiger partial charge in [0, 0.05) is 18.4 Å². The third-order valence-electron chi connectivity index (χ3n) is 3.47. The molecular weight excluding hydrogens is 336 g/mol. The van der Waals surface area contributed by atoms with Gasteiger partial charge in [-0.25, -0.2) is 4.99 Å². The molecule has 6 nitrogen and oxygen atoms in total. The van der Waals surface area contributed by atoms with Crippen molar-refractivity contribution in [1.82, 2.24) is 5.43 Å². The number of methoxy groups -OCH3 is 1. The molecule has 0 saturated heterocycles. The van der Waals surface area contributed by atoms with Crippen LogP contribution in [0, 0.1) is 0 Å². The molecule has 0 atom stereocenters. The van der Waals surface area contributed by atoms with Crippen LogP contribution in [0.2, 0.25) is 0 Å². The predicted molar refractivity (Wildman–Crippen MR) is 103 cm³/mol. The highest BCUT2D eigenvalue weighted by Crippen LogP contribution is 2.21. The van der Waals surface area contributed by atoms with E-state index in [9.17, 15) is 4.79 Å². The standard InChI is InChI=1S/C18H18N4O2S/c1-12(23)19-14-5-3-13(4-6-14)17-11-25-18(22-21-17)20-15-7-9-16(24-2)10-8-15/h3-10H,11H2,1-2H3,(H,19,23)(H,20,22). The Morgan fingerprint density at radius 3 is 2.48 bits per heavy atom. The number of carbonyl (C=O) groups is 1. The van der Waals surface area contributed by atoms with Gasteiger partial charge in [0.25, 0.3) is 0 Å². The minimum atomic E-state index is -0.0839. The first kappa shape index (κ1) is 17.0. The lowest BCUT2D eigenvalue weighted by Gasteiger charge is -2.15. The third kappa shape index (κ3) is 4.60. The van der Waals surface area contributed by atoms with Crippen LogP contribution in [0.25, 0.3) is 0 Å². The Kier molecular flexibility index (Phi) is 5.35. The Balaban J connectivity index is 1.67. The number of amidine groups is 1. The van der Waals surface area contributed by atoms with E-state index in [4.69, 9.17) is 4.74 Å². The zero-order valence-corrected chi connectivity index (χ0v) is 14.8. The van der Waals surface area contributed by atoms with Gasteiger partial charge < -0.3 is 10.1 Å². The minimum Gasteiger partial charge on any atom is -0.497 e. The molecule has 1 aliphatic heterocycles. The molecule has 3 rings (SSSR count). The summed E-state index contributed by atoms with van der Waals surface area (Å²) in [5.41, 5.74) is 6.56. The van der Waals surface area contributed by atoms with Crippen molar-refractivity contribution >= 4 is 39.9 Å². The Labute approximate surface area is 150 Å². The Morgan fingerprint density at radius 2 is 1.92 bits per heavy atom. The fraction of sp³-hybridized carbons (Fsp3) is 0.167. The lowest BCUT2D eigenvalue weighted by Crippen LogP contribution is -2.25. The van der Waals surface area contributed by atoms with Crippen LogP contribution in [-0.2, 0) is 4.79 Å². The van der Waals surface area contributed by atoms with Crippen molar-refractivity contribution in [2.24, 2.45) is 10.1 Å². The number of amides is 1. The molecule has 0 aromatic heterocycles. The van der Waals surface area contributed by atoms with Crippen molar-refractivity contribution < 1.29 is 9.53 Å². The molecule has 0 bridgehead atoms. The fourth-order valence-corrected chi connectivity index (χ4v) is 3.03. The summed E-state index contributed by atoms with van der Waals surface area (Å²) in [6.07, 6.45) is 0. The normalized spacial score (nSPS) is 15.3. The second-order valence-corrected chi connectivity index (χ2v) is 6.30. The molecule has 25 heavy (non-hydrogen) atoms. The number of hydrogen-bond donors (Lipinski definition) is 2. The van der Waals surface area contributed by atoms with Gasteiger partial charge in [-0.3, -0.25) is 10.2 Å². The zero-order valence-electron chi connectivity index (χ0n) is 13.9. The van der Waals surface area contributed by atoms with E-state index in [0.29, 0.717) is 0 Å². The van der Waals surface area contributed by atoms with E-state index < -0.39 is 0 Å². The van der Waals surface area contributed by atoms with E-state index in [-0.39, 0.29) is 5.91 Å². The molecule has 7 heteroatoms. The second-order valence-electron chi connectivity index (χ2n) is 5.33. The Morgan fingerprint density at radius 1 is 1.20 bits per heavy atom. The third-order valence-corrected chi connectivity index (χ3v) is 4.35. The highest BCUT2D eigenvalue weighted by atomic mass is 32.2. The molecule has 0 fully saturated rings. The number of ether oxygens (including phenoxy) is 1. The van der Waals surface area contributed by atoms with Crippen molar-refractivity contribution in [3.63, 3.8) is 0 Å². The van der Waals surface area contributed by atoms with Crippen LogP contribution >= 0.6 is 11.8 Å². The van der Waals surface area contributed by atoms with Crippen LogP contribution in [0.15, 0.2) is 58.6 Å². The van der Waals surface area contributed by atoms with Crippen LogP contribution in [-0.4, -0.2) is 29.6 Å². The average molecular weight is 354 g/mol. The molecule has 1 aliphatic rings. The van der Waals surface area contributed by atoms with E-state index in [1.165, 1.54) is 6.92 Å². The van der Waals surface area contributed by atoms with Crippen molar-refractivity contribution in [2.75, 3.05) is 18.2 Å². The number of thioether (sulfide) groups is 1. The van der Waals surface area contributed by atoms with Crippen molar-refractivity contribution in [3.8, 4) is 5.75 Å². The van der Waals surface area contributed by atoms with Crippen molar-refractivity contribution in [3.05, 3.63) is 54.1 Å². The maximum absolute atomic E-state index is 11.1. The monoisotopic (exact) mass is 354 g/mol. The van der Waals surface area contributed by atoms with Gasteiger partial charge in [-0.2, -0.15) is 5.10 Å². The first-order chi connectivity index (χ1) is 12.1. The summed E-state index contributed by atoms with van der Waals surface area (Å²) >= 11 is 1.59. The number of anilines is 1. The van der Waals surface area contributed by atoms with Crippen LogP contribution in [0.1, 0.15) is 12.5 Å². The summed E-state index contributed by atoms with van der Waals surface area (Å²) in [7, 11) is 1.64. The SMILES string of the molecule is COc1ccc(N=C2NN=C(c3ccc(NC(C)=O)cc3)CS2)cc1. The molecule has 0 radical (unpaired) electrons. The summed E-state index contributed by atoms with van der Waals surface area (Å²) < 4.78 is 5.14. The van der Waals surface area contributed by atoms with Gasteiger partial charge in [-0.15, -0.1) is 0 Å². The molecule has 1 heterocycles. The number of hydrazone groups is 1. The van der Waals surface area contributed by atoms with Crippen molar-refractivity contribution in [1.29, 1.82) is 0 Å². The molecule has 128 valence electrons. The van der Waals surface area contributed by atoms with E-state index in [1.807, 2.05) is 48.5 Å². The lowest BCUT2D eigenvalue weighted by atomic mass is 10.1. The highest BCUT2D eigenvalue weighted by Gasteiger charge is 2.13. The summed E-state index contributed by atoms with van der Waals surface area (Å²) in [6, 6.07) is 15.2. The smallest absolute Gasteiger partial charge is 0.221 e. The van der Waals surface area contributed by atoms with E-state index in [2.05, 4.69) is 20.8 Å². The highest BCUT2D eigenvalue weighted by molar-refractivity contribution is 8.14. The molecule has 2 N–H and O–H groups in total. The molecule has 2 aromatic rings. The van der Waals surface area contributed by atoms with Crippen LogP contribution in [0.4, 0.5) is 11.4 Å². The minimum absolute atomic E-state index is 0.0839. The maximum Gasteiger partial charge on any atom is 0.221 e.